The molecule has 4 nitrogen and oxygen atoms in total. The van der Waals surface area contributed by atoms with Gasteiger partial charge in [0.15, 0.2) is 0 Å². The molecular formula is C14H24N2O2. The summed E-state index contributed by atoms with van der Waals surface area (Å²) >= 11 is 0. The van der Waals surface area contributed by atoms with Crippen molar-refractivity contribution in [1.29, 1.82) is 0 Å². The van der Waals surface area contributed by atoms with Crippen LogP contribution in [0.2, 0.25) is 0 Å². The molecule has 1 aliphatic carbocycles. The van der Waals surface area contributed by atoms with Crippen LogP contribution in [0.5, 0.6) is 0 Å². The van der Waals surface area contributed by atoms with Gasteiger partial charge in [0.05, 0.1) is 0 Å². The van der Waals surface area contributed by atoms with Gasteiger partial charge in [0.25, 0.3) is 0 Å². The molecule has 2 amide bonds. The molecule has 1 N–H and O–H groups in total. The zero-order valence-corrected chi connectivity index (χ0v) is 11.5. The van der Waals surface area contributed by atoms with Gasteiger partial charge in [-0.2, -0.15) is 0 Å². The summed E-state index contributed by atoms with van der Waals surface area (Å²) in [5, 5.41) is 2.85. The lowest BCUT2D eigenvalue weighted by Crippen LogP contribution is -2.49. The normalized spacial score (nSPS) is 27.4. The smallest absolute Gasteiger partial charge is 0.245 e. The van der Waals surface area contributed by atoms with Crippen LogP contribution < -0.4 is 5.32 Å². The van der Waals surface area contributed by atoms with Crippen LogP contribution in [-0.4, -0.2) is 35.8 Å². The Labute approximate surface area is 109 Å². The lowest BCUT2D eigenvalue weighted by molar-refractivity contribution is -0.135. The molecule has 102 valence electrons. The Hall–Kier alpha value is -1.06. The number of amides is 2. The number of hydrogen-bond acceptors (Lipinski definition) is 2. The number of carbonyl (C=O) groups is 2. The summed E-state index contributed by atoms with van der Waals surface area (Å²) in [6, 6.07) is -0.298. The number of nitrogens with zero attached hydrogens (tertiary/aromatic N) is 1. The number of rotatable bonds is 4. The third-order valence-electron chi connectivity index (χ3n) is 4.26. The first-order valence-corrected chi connectivity index (χ1v) is 7.12. The summed E-state index contributed by atoms with van der Waals surface area (Å²) in [6.45, 7) is 5.70. The molecule has 1 atom stereocenters. The van der Waals surface area contributed by atoms with E-state index in [2.05, 4.69) is 12.2 Å². The highest BCUT2D eigenvalue weighted by molar-refractivity contribution is 5.89. The van der Waals surface area contributed by atoms with Crippen molar-refractivity contribution < 1.29 is 9.59 Å². The summed E-state index contributed by atoms with van der Waals surface area (Å²) in [5.41, 5.74) is 0.291. The van der Waals surface area contributed by atoms with Crippen LogP contribution in [0.4, 0.5) is 0 Å². The quantitative estimate of drug-likeness (QED) is 0.828. The summed E-state index contributed by atoms with van der Waals surface area (Å²) in [4.78, 5) is 25.9. The Morgan fingerprint density at radius 2 is 2.11 bits per heavy atom. The fourth-order valence-electron chi connectivity index (χ4n) is 2.94. The highest BCUT2D eigenvalue weighted by Crippen LogP contribution is 2.41. The summed E-state index contributed by atoms with van der Waals surface area (Å²) in [7, 11) is 0. The van der Waals surface area contributed by atoms with E-state index in [1.807, 2.05) is 11.8 Å². The van der Waals surface area contributed by atoms with Crippen LogP contribution in [0.15, 0.2) is 0 Å². The van der Waals surface area contributed by atoms with E-state index >= 15 is 0 Å². The standard InChI is InChI=1S/C14H24N2O2/c1-3-5-11-13(18)16(9-6-12(17)15-11)10-14(2)7-4-8-14/h11H,3-10H2,1-2H3,(H,15,17). The molecule has 0 spiro atoms. The lowest BCUT2D eigenvalue weighted by atomic mass is 9.70. The summed E-state index contributed by atoms with van der Waals surface area (Å²) in [6.07, 6.45) is 5.79. The zero-order chi connectivity index (χ0) is 13.2. The number of nitrogens with one attached hydrogen (secondary N) is 1. The Balaban J connectivity index is 2.03. The molecule has 1 unspecified atom stereocenters. The first kappa shape index (κ1) is 13.4. The molecule has 0 radical (unpaired) electrons. The number of carbonyl (C=O) groups excluding carboxylic acids is 2. The largest absolute Gasteiger partial charge is 0.344 e. The highest BCUT2D eigenvalue weighted by atomic mass is 16.2. The predicted molar refractivity (Wildman–Crippen MR) is 70.0 cm³/mol. The second kappa shape index (κ2) is 5.29. The van der Waals surface area contributed by atoms with E-state index in [-0.39, 0.29) is 17.9 Å². The summed E-state index contributed by atoms with van der Waals surface area (Å²) in [5.74, 6) is 0.138. The number of hydrogen-bond donors (Lipinski definition) is 1. The molecule has 2 rings (SSSR count). The minimum absolute atomic E-state index is 0.0167. The third-order valence-corrected chi connectivity index (χ3v) is 4.26. The second-order valence-corrected chi connectivity index (χ2v) is 6.08. The fourth-order valence-corrected chi connectivity index (χ4v) is 2.94. The molecule has 1 saturated heterocycles. The second-order valence-electron chi connectivity index (χ2n) is 6.08. The Bertz CT molecular complexity index is 337. The van der Waals surface area contributed by atoms with E-state index in [0.717, 1.165) is 19.4 Å². The minimum Gasteiger partial charge on any atom is -0.344 e. The van der Waals surface area contributed by atoms with Crippen LogP contribution in [0.25, 0.3) is 0 Å². The average molecular weight is 252 g/mol. The lowest BCUT2D eigenvalue weighted by Gasteiger charge is -2.42. The molecule has 2 fully saturated rings. The monoisotopic (exact) mass is 252 g/mol. The maximum Gasteiger partial charge on any atom is 0.245 e. The van der Waals surface area contributed by atoms with E-state index in [1.165, 1.54) is 19.3 Å². The van der Waals surface area contributed by atoms with Gasteiger partial charge in [0, 0.05) is 19.5 Å². The molecule has 1 saturated carbocycles. The minimum atomic E-state index is -0.298. The summed E-state index contributed by atoms with van der Waals surface area (Å²) < 4.78 is 0. The first-order valence-electron chi connectivity index (χ1n) is 7.12. The van der Waals surface area contributed by atoms with Crippen LogP contribution in [0.3, 0.4) is 0 Å². The van der Waals surface area contributed by atoms with E-state index in [0.29, 0.717) is 18.4 Å². The van der Waals surface area contributed by atoms with E-state index in [9.17, 15) is 9.59 Å². The van der Waals surface area contributed by atoms with Crippen molar-refractivity contribution in [3.8, 4) is 0 Å². The fraction of sp³-hybridized carbons (Fsp3) is 0.857. The molecule has 4 heteroatoms. The van der Waals surface area contributed by atoms with Gasteiger partial charge in [-0.25, -0.2) is 0 Å². The first-order chi connectivity index (χ1) is 8.54. The van der Waals surface area contributed by atoms with Gasteiger partial charge < -0.3 is 10.2 Å². The molecule has 2 aliphatic rings. The molecule has 0 aromatic rings. The Morgan fingerprint density at radius 3 is 2.67 bits per heavy atom. The third kappa shape index (κ3) is 2.85. The SMILES string of the molecule is CCCC1NC(=O)CCN(CC2(C)CCC2)C1=O. The van der Waals surface area contributed by atoms with E-state index in [1.54, 1.807) is 0 Å². The van der Waals surface area contributed by atoms with Gasteiger partial charge in [-0.1, -0.05) is 26.7 Å². The predicted octanol–water partition coefficient (Wildman–Crippen LogP) is 1.69. The Kier molecular flexibility index (Phi) is 3.93. The van der Waals surface area contributed by atoms with E-state index in [4.69, 9.17) is 0 Å². The van der Waals surface area contributed by atoms with Gasteiger partial charge >= 0.3 is 0 Å². The maximum atomic E-state index is 12.4. The van der Waals surface area contributed by atoms with Gasteiger partial charge in [0.1, 0.15) is 6.04 Å². The highest BCUT2D eigenvalue weighted by Gasteiger charge is 2.37. The van der Waals surface area contributed by atoms with Crippen LogP contribution in [0.1, 0.15) is 52.4 Å². The van der Waals surface area contributed by atoms with E-state index < -0.39 is 0 Å². The zero-order valence-electron chi connectivity index (χ0n) is 11.5. The van der Waals surface area contributed by atoms with Gasteiger partial charge in [-0.05, 0) is 24.7 Å². The topological polar surface area (TPSA) is 49.4 Å². The van der Waals surface area contributed by atoms with Crippen LogP contribution in [0, 0.1) is 5.41 Å². The van der Waals surface area contributed by atoms with Crippen molar-refractivity contribution in [2.75, 3.05) is 13.1 Å². The van der Waals surface area contributed by atoms with Crippen molar-refractivity contribution in [2.45, 2.75) is 58.4 Å². The van der Waals surface area contributed by atoms with Crippen molar-refractivity contribution >= 4 is 11.8 Å². The van der Waals surface area contributed by atoms with Crippen molar-refractivity contribution in [1.82, 2.24) is 10.2 Å². The van der Waals surface area contributed by atoms with Crippen molar-refractivity contribution in [3.05, 3.63) is 0 Å². The molecular weight excluding hydrogens is 228 g/mol. The van der Waals surface area contributed by atoms with Crippen LogP contribution in [-0.2, 0) is 9.59 Å². The van der Waals surface area contributed by atoms with Crippen LogP contribution >= 0.6 is 0 Å². The molecule has 1 aliphatic heterocycles. The molecule has 0 bridgehead atoms. The Morgan fingerprint density at radius 1 is 1.39 bits per heavy atom. The average Bonchev–Trinajstić information content (AvgIpc) is 2.41. The van der Waals surface area contributed by atoms with Crippen molar-refractivity contribution in [3.63, 3.8) is 0 Å². The van der Waals surface area contributed by atoms with Gasteiger partial charge in [0.2, 0.25) is 11.8 Å². The molecule has 0 aromatic carbocycles. The molecule has 0 aromatic heterocycles. The molecule has 1 heterocycles. The van der Waals surface area contributed by atoms with Gasteiger partial charge in [-0.15, -0.1) is 0 Å². The van der Waals surface area contributed by atoms with Gasteiger partial charge in [-0.3, -0.25) is 9.59 Å². The molecule has 18 heavy (non-hydrogen) atoms. The maximum absolute atomic E-state index is 12.4. The van der Waals surface area contributed by atoms with Crippen molar-refractivity contribution in [2.24, 2.45) is 5.41 Å².